The molecule has 8 heteroatoms. The van der Waals surface area contributed by atoms with Crippen molar-refractivity contribution >= 4 is 45.8 Å². The number of ketones is 1. The third-order valence-corrected chi connectivity index (χ3v) is 6.51. The van der Waals surface area contributed by atoms with Gasteiger partial charge in [-0.3, -0.25) is 9.69 Å². The molecule has 150 valence electrons. The highest BCUT2D eigenvalue weighted by Gasteiger charge is 2.47. The van der Waals surface area contributed by atoms with Gasteiger partial charge in [0.2, 0.25) is 0 Å². The number of benzene rings is 1. The van der Waals surface area contributed by atoms with Crippen LogP contribution in [0, 0.1) is 5.41 Å². The van der Waals surface area contributed by atoms with Gasteiger partial charge in [0.25, 0.3) is 0 Å². The second-order valence-corrected chi connectivity index (χ2v) is 8.96. The van der Waals surface area contributed by atoms with Crippen LogP contribution in [0.15, 0.2) is 36.8 Å². The number of hydrogen-bond donors (Lipinski definition) is 1. The Morgan fingerprint density at radius 2 is 2.00 bits per heavy atom. The van der Waals surface area contributed by atoms with E-state index < -0.39 is 0 Å². The van der Waals surface area contributed by atoms with Crippen LogP contribution in [-0.4, -0.2) is 58.4 Å². The van der Waals surface area contributed by atoms with Gasteiger partial charge in [0.15, 0.2) is 5.78 Å². The topological polar surface area (TPSA) is 65.1 Å². The average Bonchev–Trinajstić information content (AvgIpc) is 3.31. The summed E-state index contributed by atoms with van der Waals surface area (Å²) in [4.78, 5) is 29.5. The molecule has 2 aliphatic rings. The van der Waals surface area contributed by atoms with Crippen molar-refractivity contribution < 1.29 is 4.79 Å². The number of fused-ring (bicyclic) bond motifs is 1. The molecule has 2 aromatic heterocycles. The van der Waals surface area contributed by atoms with Gasteiger partial charge in [0, 0.05) is 48.4 Å². The number of Topliss-reactive ketones (excluding diaryl/α,β-unsaturated/α-hetero) is 1. The number of rotatable bonds is 4. The normalized spacial score (nSPS) is 18.9. The molecule has 1 spiro atoms. The molecule has 1 aliphatic carbocycles. The number of carbonyl (C=O) groups excluding carboxylic acids is 1. The van der Waals surface area contributed by atoms with E-state index in [-0.39, 0.29) is 11.2 Å². The zero-order valence-electron chi connectivity index (χ0n) is 15.9. The van der Waals surface area contributed by atoms with Crippen LogP contribution in [0.5, 0.6) is 0 Å². The van der Waals surface area contributed by atoms with E-state index in [0.29, 0.717) is 22.2 Å². The summed E-state index contributed by atoms with van der Waals surface area (Å²) >= 11 is 12.2. The lowest BCUT2D eigenvalue weighted by Gasteiger charge is -2.25. The quantitative estimate of drug-likeness (QED) is 0.633. The maximum atomic E-state index is 12.9. The van der Waals surface area contributed by atoms with E-state index in [0.717, 1.165) is 43.0 Å². The molecule has 0 atom stereocenters. The standard InChI is InChI=1S/C21H21Cl2N5O/c22-14-1-2-15(17(23)9-14)18(29)10-27-7-8-28(12-21(11-27)4-5-21)20-16-3-6-24-19(16)25-13-26-20/h1-3,6,9,13H,4-5,7-8,10-12H2,(H,24,25,26). The van der Waals surface area contributed by atoms with Gasteiger partial charge < -0.3 is 9.88 Å². The van der Waals surface area contributed by atoms with Gasteiger partial charge in [-0.2, -0.15) is 0 Å². The molecule has 3 aromatic rings. The van der Waals surface area contributed by atoms with Crippen molar-refractivity contribution in [3.05, 3.63) is 52.4 Å². The maximum absolute atomic E-state index is 12.9. The van der Waals surface area contributed by atoms with Crippen molar-refractivity contribution in [2.45, 2.75) is 12.8 Å². The summed E-state index contributed by atoms with van der Waals surface area (Å²) in [7, 11) is 0. The van der Waals surface area contributed by atoms with Crippen molar-refractivity contribution in [3.63, 3.8) is 0 Å². The largest absolute Gasteiger partial charge is 0.354 e. The van der Waals surface area contributed by atoms with E-state index in [1.807, 2.05) is 12.3 Å². The molecular weight excluding hydrogens is 409 g/mol. The first-order valence-electron chi connectivity index (χ1n) is 9.77. The van der Waals surface area contributed by atoms with E-state index in [4.69, 9.17) is 23.2 Å². The van der Waals surface area contributed by atoms with E-state index in [1.165, 1.54) is 12.8 Å². The number of carbonyl (C=O) groups is 1. The summed E-state index contributed by atoms with van der Waals surface area (Å²) in [5.41, 5.74) is 1.62. The number of anilines is 1. The number of nitrogens with one attached hydrogen (secondary N) is 1. The van der Waals surface area contributed by atoms with Gasteiger partial charge >= 0.3 is 0 Å². The molecule has 3 heterocycles. The van der Waals surface area contributed by atoms with Crippen molar-refractivity contribution in [1.82, 2.24) is 19.9 Å². The predicted molar refractivity (Wildman–Crippen MR) is 115 cm³/mol. The molecule has 0 radical (unpaired) electrons. The molecule has 1 aliphatic heterocycles. The Kier molecular flexibility index (Phi) is 4.73. The number of aromatic nitrogens is 3. The third kappa shape index (κ3) is 3.72. The maximum Gasteiger partial charge on any atom is 0.178 e. The summed E-state index contributed by atoms with van der Waals surface area (Å²) in [5, 5.41) is 1.99. The first-order chi connectivity index (χ1) is 14.0. The van der Waals surface area contributed by atoms with Crippen LogP contribution in [0.25, 0.3) is 11.0 Å². The van der Waals surface area contributed by atoms with Crippen molar-refractivity contribution in [2.75, 3.05) is 37.6 Å². The van der Waals surface area contributed by atoms with Crippen molar-refractivity contribution in [3.8, 4) is 0 Å². The average molecular weight is 430 g/mol. The Hall–Kier alpha value is -2.15. The number of nitrogens with zero attached hydrogens (tertiary/aromatic N) is 4. The minimum Gasteiger partial charge on any atom is -0.354 e. The lowest BCUT2D eigenvalue weighted by molar-refractivity contribution is 0.0924. The second-order valence-electron chi connectivity index (χ2n) is 8.12. The Morgan fingerprint density at radius 3 is 2.79 bits per heavy atom. The molecule has 0 amide bonds. The SMILES string of the molecule is O=C(CN1CCN(c2ncnc3[nH]ccc23)CC2(CC2)C1)c1ccc(Cl)cc1Cl. The number of hydrogen-bond acceptors (Lipinski definition) is 5. The zero-order chi connectivity index (χ0) is 20.0. The minimum atomic E-state index is 0.0333. The van der Waals surface area contributed by atoms with Gasteiger partial charge in [-0.25, -0.2) is 9.97 Å². The highest BCUT2D eigenvalue weighted by atomic mass is 35.5. The number of halogens is 2. The van der Waals surface area contributed by atoms with Crippen LogP contribution in [0.4, 0.5) is 5.82 Å². The van der Waals surface area contributed by atoms with Crippen LogP contribution in [-0.2, 0) is 0 Å². The summed E-state index contributed by atoms with van der Waals surface area (Å²) in [6.07, 6.45) is 5.87. The molecule has 5 rings (SSSR count). The zero-order valence-corrected chi connectivity index (χ0v) is 17.4. The fraction of sp³-hybridized carbons (Fsp3) is 0.381. The lowest BCUT2D eigenvalue weighted by Crippen LogP contribution is -2.35. The fourth-order valence-electron chi connectivity index (χ4n) is 4.27. The Morgan fingerprint density at radius 1 is 1.14 bits per heavy atom. The number of H-pyrrole nitrogens is 1. The Labute approximate surface area is 178 Å². The van der Waals surface area contributed by atoms with E-state index >= 15 is 0 Å². The highest BCUT2D eigenvalue weighted by molar-refractivity contribution is 6.36. The van der Waals surface area contributed by atoms with Crippen molar-refractivity contribution in [2.24, 2.45) is 5.41 Å². The molecule has 6 nitrogen and oxygen atoms in total. The van der Waals surface area contributed by atoms with Crippen LogP contribution < -0.4 is 4.90 Å². The van der Waals surface area contributed by atoms with Crippen LogP contribution >= 0.6 is 23.2 Å². The van der Waals surface area contributed by atoms with Crippen LogP contribution in [0.3, 0.4) is 0 Å². The molecule has 1 saturated heterocycles. The summed E-state index contributed by atoms with van der Waals surface area (Å²) in [6.45, 7) is 3.86. The van der Waals surface area contributed by atoms with Gasteiger partial charge in [0.05, 0.1) is 17.0 Å². The molecule has 2 fully saturated rings. The highest BCUT2D eigenvalue weighted by Crippen LogP contribution is 2.48. The molecule has 1 saturated carbocycles. The van der Waals surface area contributed by atoms with Gasteiger partial charge in [-0.15, -0.1) is 0 Å². The lowest BCUT2D eigenvalue weighted by atomic mass is 10.1. The molecule has 0 bridgehead atoms. The fourth-order valence-corrected chi connectivity index (χ4v) is 4.79. The molecule has 29 heavy (non-hydrogen) atoms. The van der Waals surface area contributed by atoms with E-state index in [9.17, 15) is 4.79 Å². The minimum absolute atomic E-state index is 0.0333. The van der Waals surface area contributed by atoms with Gasteiger partial charge in [0.1, 0.15) is 17.8 Å². The first-order valence-corrected chi connectivity index (χ1v) is 10.5. The number of aromatic amines is 1. The summed E-state index contributed by atoms with van der Waals surface area (Å²) in [5.74, 6) is 1.00. The molecule has 0 unspecified atom stereocenters. The van der Waals surface area contributed by atoms with Gasteiger partial charge in [-0.1, -0.05) is 23.2 Å². The van der Waals surface area contributed by atoms with Gasteiger partial charge in [-0.05, 0) is 37.1 Å². The van der Waals surface area contributed by atoms with Crippen LogP contribution in [0.2, 0.25) is 10.0 Å². The summed E-state index contributed by atoms with van der Waals surface area (Å²) in [6, 6.07) is 7.08. The predicted octanol–water partition coefficient (Wildman–Crippen LogP) is 4.05. The smallest absolute Gasteiger partial charge is 0.178 e. The van der Waals surface area contributed by atoms with E-state index in [1.54, 1.807) is 24.5 Å². The first kappa shape index (κ1) is 18.9. The second kappa shape index (κ2) is 7.27. The third-order valence-electron chi connectivity index (χ3n) is 5.96. The Bertz CT molecular complexity index is 1080. The Balaban J connectivity index is 1.35. The molecule has 1 N–H and O–H groups in total. The molecular formula is C21H21Cl2N5O. The summed E-state index contributed by atoms with van der Waals surface area (Å²) < 4.78 is 0. The van der Waals surface area contributed by atoms with Crippen molar-refractivity contribution in [1.29, 1.82) is 0 Å². The van der Waals surface area contributed by atoms with Crippen LogP contribution in [0.1, 0.15) is 23.2 Å². The molecule has 1 aromatic carbocycles. The monoisotopic (exact) mass is 429 g/mol. The van der Waals surface area contributed by atoms with E-state index in [2.05, 4.69) is 24.8 Å².